The second kappa shape index (κ2) is 9.07. The van der Waals surface area contributed by atoms with E-state index in [0.29, 0.717) is 18.7 Å². The number of amides is 2. The van der Waals surface area contributed by atoms with Gasteiger partial charge in [0.25, 0.3) is 0 Å². The lowest BCUT2D eigenvalue weighted by Gasteiger charge is -2.28. The summed E-state index contributed by atoms with van der Waals surface area (Å²) in [4.78, 5) is 24.6. The summed E-state index contributed by atoms with van der Waals surface area (Å²) >= 11 is 1.56. The number of likely N-dealkylation sites (N-methyl/N-ethyl adjacent to an activating group) is 1. The lowest BCUT2D eigenvalue weighted by molar-refractivity contribution is -0.139. The van der Waals surface area contributed by atoms with Crippen LogP contribution in [-0.2, 0) is 9.53 Å². The molecule has 0 aromatic heterocycles. The van der Waals surface area contributed by atoms with Crippen LogP contribution in [0.15, 0.2) is 0 Å². The molecule has 1 aliphatic heterocycles. The van der Waals surface area contributed by atoms with Crippen molar-refractivity contribution in [2.75, 3.05) is 32.2 Å². The molecule has 7 heteroatoms. The molecular weight excluding hydrogens is 280 g/mol. The minimum absolute atomic E-state index is 0.0639. The molecule has 6 nitrogen and oxygen atoms in total. The number of carbonyl (C=O) groups is 2. The Morgan fingerprint density at radius 2 is 2.25 bits per heavy atom. The number of ether oxygens (including phenoxy) is 1. The molecule has 2 N–H and O–H groups in total. The Hall–Kier alpha value is -0.950. The first-order valence-corrected chi connectivity index (χ1v) is 8.29. The maximum atomic E-state index is 12.0. The summed E-state index contributed by atoms with van der Waals surface area (Å²) < 4.78 is 5.57. The molecule has 1 rings (SSSR count). The van der Waals surface area contributed by atoms with Gasteiger partial charge in [0.05, 0.1) is 6.10 Å². The van der Waals surface area contributed by atoms with E-state index >= 15 is 0 Å². The lowest BCUT2D eigenvalue weighted by Crippen LogP contribution is -2.49. The van der Waals surface area contributed by atoms with Gasteiger partial charge in [0.1, 0.15) is 6.04 Å². The van der Waals surface area contributed by atoms with E-state index < -0.39 is 12.0 Å². The standard InChI is InChI=1S/C13H24N2O4S/c1-15(9-10-5-3-4-7-19-10)13(18)14-11(12(16)17)6-8-20-2/h10-11H,3-9H2,1-2H3,(H,14,18)(H,16,17)/t10?,11-/m1/s1. The van der Waals surface area contributed by atoms with Gasteiger partial charge in [0.2, 0.25) is 0 Å². The predicted octanol–water partition coefficient (Wildman–Crippen LogP) is 1.40. The van der Waals surface area contributed by atoms with Crippen molar-refractivity contribution in [3.05, 3.63) is 0 Å². The van der Waals surface area contributed by atoms with Gasteiger partial charge in [-0.2, -0.15) is 11.8 Å². The lowest BCUT2D eigenvalue weighted by atomic mass is 10.1. The largest absolute Gasteiger partial charge is 0.480 e. The molecule has 0 spiro atoms. The van der Waals surface area contributed by atoms with Gasteiger partial charge in [-0.1, -0.05) is 0 Å². The third-order valence-electron chi connectivity index (χ3n) is 3.30. The number of aliphatic carboxylic acids is 1. The van der Waals surface area contributed by atoms with Gasteiger partial charge in [0.15, 0.2) is 0 Å². The van der Waals surface area contributed by atoms with Crippen LogP contribution in [0, 0.1) is 0 Å². The molecule has 2 atom stereocenters. The Morgan fingerprint density at radius 3 is 2.80 bits per heavy atom. The summed E-state index contributed by atoms with van der Waals surface area (Å²) in [7, 11) is 1.67. The van der Waals surface area contributed by atoms with Gasteiger partial charge in [0, 0.05) is 20.2 Å². The van der Waals surface area contributed by atoms with Crippen molar-refractivity contribution in [3.8, 4) is 0 Å². The summed E-state index contributed by atoms with van der Waals surface area (Å²) in [6.07, 6.45) is 5.54. The molecular formula is C13H24N2O4S. The molecule has 2 amide bonds. The molecule has 0 bridgehead atoms. The number of urea groups is 1. The molecule has 1 unspecified atom stereocenters. The van der Waals surface area contributed by atoms with Crippen LogP contribution in [0.25, 0.3) is 0 Å². The molecule has 1 heterocycles. The average molecular weight is 304 g/mol. The van der Waals surface area contributed by atoms with Crippen molar-refractivity contribution in [3.63, 3.8) is 0 Å². The molecule has 116 valence electrons. The van der Waals surface area contributed by atoms with Gasteiger partial charge in [-0.15, -0.1) is 0 Å². The van der Waals surface area contributed by atoms with Crippen LogP contribution in [0.4, 0.5) is 4.79 Å². The van der Waals surface area contributed by atoms with Crippen LogP contribution >= 0.6 is 11.8 Å². The highest BCUT2D eigenvalue weighted by atomic mass is 32.2. The first-order valence-electron chi connectivity index (χ1n) is 6.89. The van der Waals surface area contributed by atoms with Crippen molar-refractivity contribution in [2.45, 2.75) is 37.8 Å². The van der Waals surface area contributed by atoms with Crippen LogP contribution in [0.3, 0.4) is 0 Å². The number of carboxylic acid groups (broad SMARTS) is 1. The Labute approximate surface area is 124 Å². The Kier molecular flexibility index (Phi) is 7.76. The second-order valence-electron chi connectivity index (χ2n) is 4.99. The van der Waals surface area contributed by atoms with Gasteiger partial charge in [-0.3, -0.25) is 0 Å². The molecule has 0 aliphatic carbocycles. The quantitative estimate of drug-likeness (QED) is 0.743. The molecule has 1 fully saturated rings. The summed E-state index contributed by atoms with van der Waals surface area (Å²) in [6.45, 7) is 1.24. The maximum Gasteiger partial charge on any atom is 0.326 e. The normalized spacial score (nSPS) is 20.2. The minimum Gasteiger partial charge on any atom is -0.480 e. The summed E-state index contributed by atoms with van der Waals surface area (Å²) in [5, 5.41) is 11.6. The van der Waals surface area contributed by atoms with E-state index in [9.17, 15) is 9.59 Å². The highest BCUT2D eigenvalue weighted by molar-refractivity contribution is 7.98. The number of nitrogens with one attached hydrogen (secondary N) is 1. The van der Waals surface area contributed by atoms with Gasteiger partial charge in [-0.25, -0.2) is 9.59 Å². The highest BCUT2D eigenvalue weighted by Gasteiger charge is 2.23. The molecule has 0 aromatic carbocycles. The summed E-state index contributed by atoms with van der Waals surface area (Å²) in [5.74, 6) is -0.290. The first kappa shape index (κ1) is 17.1. The van der Waals surface area contributed by atoms with E-state index in [1.54, 1.807) is 18.8 Å². The highest BCUT2D eigenvalue weighted by Crippen LogP contribution is 2.13. The van der Waals surface area contributed by atoms with Crippen LogP contribution in [0.5, 0.6) is 0 Å². The Bertz CT molecular complexity index is 321. The van der Waals surface area contributed by atoms with E-state index in [1.807, 2.05) is 6.26 Å². The fourth-order valence-corrected chi connectivity index (χ4v) is 2.56. The topological polar surface area (TPSA) is 78.9 Å². The minimum atomic E-state index is -0.991. The van der Waals surface area contributed by atoms with E-state index in [4.69, 9.17) is 9.84 Å². The average Bonchev–Trinajstić information content (AvgIpc) is 2.43. The Morgan fingerprint density at radius 1 is 1.50 bits per heavy atom. The van der Waals surface area contributed by atoms with Crippen molar-refractivity contribution >= 4 is 23.8 Å². The number of thioether (sulfide) groups is 1. The van der Waals surface area contributed by atoms with Gasteiger partial charge in [-0.05, 0) is 37.7 Å². The van der Waals surface area contributed by atoms with Crippen LogP contribution in [0.1, 0.15) is 25.7 Å². The monoisotopic (exact) mass is 304 g/mol. The first-order chi connectivity index (χ1) is 9.54. The molecule has 0 aromatic rings. The Balaban J connectivity index is 2.39. The number of nitrogens with zero attached hydrogens (tertiary/aromatic N) is 1. The van der Waals surface area contributed by atoms with Crippen LogP contribution < -0.4 is 5.32 Å². The molecule has 1 saturated heterocycles. The fourth-order valence-electron chi connectivity index (χ4n) is 2.09. The SMILES string of the molecule is CSCC[C@@H](NC(=O)N(C)CC1CCCCO1)C(=O)O. The van der Waals surface area contributed by atoms with Crippen LogP contribution in [-0.4, -0.2) is 66.4 Å². The van der Waals surface area contributed by atoms with Crippen LogP contribution in [0.2, 0.25) is 0 Å². The molecule has 0 radical (unpaired) electrons. The zero-order valence-corrected chi connectivity index (χ0v) is 12.9. The number of rotatable bonds is 7. The molecule has 0 saturated carbocycles. The number of carboxylic acids is 1. The van der Waals surface area contributed by atoms with Gasteiger partial charge < -0.3 is 20.1 Å². The number of hydrogen-bond donors (Lipinski definition) is 2. The van der Waals surface area contributed by atoms with E-state index in [1.165, 1.54) is 4.90 Å². The number of carbonyl (C=O) groups excluding carboxylic acids is 1. The summed E-state index contributed by atoms with van der Waals surface area (Å²) in [6, 6.07) is -1.18. The van der Waals surface area contributed by atoms with E-state index in [-0.39, 0.29) is 12.1 Å². The van der Waals surface area contributed by atoms with Crippen molar-refractivity contribution < 1.29 is 19.4 Å². The van der Waals surface area contributed by atoms with Crippen molar-refractivity contribution in [2.24, 2.45) is 0 Å². The van der Waals surface area contributed by atoms with Crippen molar-refractivity contribution in [1.29, 1.82) is 0 Å². The van der Waals surface area contributed by atoms with Crippen molar-refractivity contribution in [1.82, 2.24) is 10.2 Å². The zero-order chi connectivity index (χ0) is 15.0. The third-order valence-corrected chi connectivity index (χ3v) is 3.95. The smallest absolute Gasteiger partial charge is 0.326 e. The number of hydrogen-bond acceptors (Lipinski definition) is 4. The summed E-state index contributed by atoms with van der Waals surface area (Å²) in [5.41, 5.74) is 0. The van der Waals surface area contributed by atoms with E-state index in [0.717, 1.165) is 25.9 Å². The third kappa shape index (κ3) is 6.00. The maximum absolute atomic E-state index is 12.0. The molecule has 1 aliphatic rings. The molecule has 20 heavy (non-hydrogen) atoms. The predicted molar refractivity (Wildman–Crippen MR) is 79.2 cm³/mol. The van der Waals surface area contributed by atoms with E-state index in [2.05, 4.69) is 5.32 Å². The second-order valence-corrected chi connectivity index (χ2v) is 5.98. The van der Waals surface area contributed by atoms with Gasteiger partial charge >= 0.3 is 12.0 Å². The fraction of sp³-hybridized carbons (Fsp3) is 0.846. The zero-order valence-electron chi connectivity index (χ0n) is 12.1.